The van der Waals surface area contributed by atoms with Crippen LogP contribution in [0, 0.1) is 17.8 Å². The highest BCUT2D eigenvalue weighted by Gasteiger charge is 2.45. The number of rotatable bonds is 5. The number of aliphatic carboxylic acids is 1. The van der Waals surface area contributed by atoms with Gasteiger partial charge in [0.15, 0.2) is 5.76 Å². The highest BCUT2D eigenvalue weighted by Crippen LogP contribution is 2.44. The SMILES string of the molecule is CNC(=O)c1ccc(CN2C[C@H](C(=O)O)[C@@H](C3CC3)C2)o1. The number of carboxylic acids is 1. The second-order valence-corrected chi connectivity index (χ2v) is 5.99. The summed E-state index contributed by atoms with van der Waals surface area (Å²) in [7, 11) is 1.56. The van der Waals surface area contributed by atoms with Gasteiger partial charge < -0.3 is 14.8 Å². The summed E-state index contributed by atoms with van der Waals surface area (Å²) in [5.41, 5.74) is 0. The lowest BCUT2D eigenvalue weighted by atomic mass is 9.92. The van der Waals surface area contributed by atoms with Gasteiger partial charge in [0.1, 0.15) is 5.76 Å². The first-order valence-corrected chi connectivity index (χ1v) is 7.34. The molecule has 2 heterocycles. The van der Waals surface area contributed by atoms with Gasteiger partial charge in [0.05, 0.1) is 12.5 Å². The highest BCUT2D eigenvalue weighted by molar-refractivity contribution is 5.91. The molecule has 0 spiro atoms. The maximum absolute atomic E-state index is 11.5. The van der Waals surface area contributed by atoms with E-state index in [2.05, 4.69) is 10.2 Å². The van der Waals surface area contributed by atoms with E-state index >= 15 is 0 Å². The van der Waals surface area contributed by atoms with E-state index in [1.807, 2.05) is 0 Å². The number of likely N-dealkylation sites (tertiary alicyclic amines) is 1. The Morgan fingerprint density at radius 3 is 2.76 bits per heavy atom. The van der Waals surface area contributed by atoms with Crippen molar-refractivity contribution >= 4 is 11.9 Å². The third kappa shape index (κ3) is 2.95. The van der Waals surface area contributed by atoms with Gasteiger partial charge in [0.25, 0.3) is 5.91 Å². The average molecular weight is 292 g/mol. The van der Waals surface area contributed by atoms with E-state index in [1.165, 1.54) is 0 Å². The molecule has 0 radical (unpaired) electrons. The van der Waals surface area contributed by atoms with Crippen molar-refractivity contribution in [3.63, 3.8) is 0 Å². The molecule has 2 atom stereocenters. The van der Waals surface area contributed by atoms with Gasteiger partial charge in [-0.1, -0.05) is 0 Å². The summed E-state index contributed by atoms with van der Waals surface area (Å²) in [6, 6.07) is 3.43. The minimum Gasteiger partial charge on any atom is -0.481 e. The molecule has 2 aliphatic rings. The van der Waals surface area contributed by atoms with Crippen LogP contribution in [0.3, 0.4) is 0 Å². The van der Waals surface area contributed by atoms with Crippen LogP contribution in [0.15, 0.2) is 16.5 Å². The molecule has 0 bridgehead atoms. The number of hydrogen-bond acceptors (Lipinski definition) is 4. The van der Waals surface area contributed by atoms with Crippen LogP contribution < -0.4 is 5.32 Å². The van der Waals surface area contributed by atoms with Crippen molar-refractivity contribution < 1.29 is 19.1 Å². The quantitative estimate of drug-likeness (QED) is 0.851. The molecule has 3 rings (SSSR count). The van der Waals surface area contributed by atoms with E-state index in [1.54, 1.807) is 19.2 Å². The lowest BCUT2D eigenvalue weighted by molar-refractivity contribution is -0.142. The van der Waals surface area contributed by atoms with E-state index in [4.69, 9.17) is 4.42 Å². The van der Waals surface area contributed by atoms with Crippen molar-refractivity contribution in [3.8, 4) is 0 Å². The van der Waals surface area contributed by atoms with Gasteiger partial charge in [-0.25, -0.2) is 0 Å². The fraction of sp³-hybridized carbons (Fsp3) is 0.600. The number of nitrogens with zero attached hydrogens (tertiary/aromatic N) is 1. The summed E-state index contributed by atoms with van der Waals surface area (Å²) in [5, 5.41) is 11.9. The molecule has 2 fully saturated rings. The molecule has 1 aliphatic carbocycles. The van der Waals surface area contributed by atoms with Crippen LogP contribution in [-0.2, 0) is 11.3 Å². The molecule has 1 aromatic rings. The monoisotopic (exact) mass is 292 g/mol. The molecule has 1 amide bonds. The van der Waals surface area contributed by atoms with Gasteiger partial charge in [-0.2, -0.15) is 0 Å². The van der Waals surface area contributed by atoms with E-state index in [0.29, 0.717) is 30.5 Å². The molecule has 6 heteroatoms. The Morgan fingerprint density at radius 1 is 1.38 bits per heavy atom. The smallest absolute Gasteiger partial charge is 0.308 e. The van der Waals surface area contributed by atoms with Crippen molar-refractivity contribution in [1.82, 2.24) is 10.2 Å². The molecule has 2 N–H and O–H groups in total. The van der Waals surface area contributed by atoms with Crippen molar-refractivity contribution in [2.24, 2.45) is 17.8 Å². The maximum atomic E-state index is 11.5. The van der Waals surface area contributed by atoms with Crippen LogP contribution in [0.25, 0.3) is 0 Å². The second kappa shape index (κ2) is 5.52. The van der Waals surface area contributed by atoms with Crippen molar-refractivity contribution in [1.29, 1.82) is 0 Å². The van der Waals surface area contributed by atoms with Crippen LogP contribution in [0.1, 0.15) is 29.2 Å². The highest BCUT2D eigenvalue weighted by atomic mass is 16.4. The van der Waals surface area contributed by atoms with Gasteiger partial charge in [-0.15, -0.1) is 0 Å². The topological polar surface area (TPSA) is 82.8 Å². The number of amides is 1. The number of carboxylic acid groups (broad SMARTS) is 1. The van der Waals surface area contributed by atoms with Gasteiger partial charge in [-0.3, -0.25) is 14.5 Å². The van der Waals surface area contributed by atoms with Gasteiger partial charge in [0, 0.05) is 20.1 Å². The largest absolute Gasteiger partial charge is 0.481 e. The molecule has 114 valence electrons. The summed E-state index contributed by atoms with van der Waals surface area (Å²) >= 11 is 0. The number of carbonyl (C=O) groups is 2. The molecule has 0 aromatic carbocycles. The van der Waals surface area contributed by atoms with Crippen LogP contribution in [-0.4, -0.2) is 42.0 Å². The molecular formula is C15H20N2O4. The van der Waals surface area contributed by atoms with Crippen LogP contribution in [0.2, 0.25) is 0 Å². The maximum Gasteiger partial charge on any atom is 0.308 e. The predicted molar refractivity (Wildman–Crippen MR) is 74.7 cm³/mol. The van der Waals surface area contributed by atoms with E-state index in [0.717, 1.165) is 19.4 Å². The number of hydrogen-bond donors (Lipinski definition) is 2. The first-order chi connectivity index (χ1) is 10.1. The van der Waals surface area contributed by atoms with Crippen LogP contribution >= 0.6 is 0 Å². The van der Waals surface area contributed by atoms with E-state index in [-0.39, 0.29) is 17.7 Å². The second-order valence-electron chi connectivity index (χ2n) is 5.99. The first kappa shape index (κ1) is 14.1. The van der Waals surface area contributed by atoms with Gasteiger partial charge in [0.2, 0.25) is 0 Å². The van der Waals surface area contributed by atoms with Gasteiger partial charge in [-0.05, 0) is 36.8 Å². The zero-order valence-corrected chi connectivity index (χ0v) is 12.0. The first-order valence-electron chi connectivity index (χ1n) is 7.34. The fourth-order valence-electron chi connectivity index (χ4n) is 3.23. The normalized spacial score (nSPS) is 26.0. The summed E-state index contributed by atoms with van der Waals surface area (Å²) in [6.07, 6.45) is 2.31. The van der Waals surface area contributed by atoms with Crippen LogP contribution in [0.5, 0.6) is 0 Å². The average Bonchev–Trinajstić information content (AvgIpc) is 3.05. The number of furan rings is 1. The third-order valence-corrected chi connectivity index (χ3v) is 4.48. The Kier molecular flexibility index (Phi) is 3.71. The Morgan fingerprint density at radius 2 is 2.14 bits per heavy atom. The minimum absolute atomic E-state index is 0.248. The van der Waals surface area contributed by atoms with Gasteiger partial charge >= 0.3 is 5.97 Å². The molecule has 21 heavy (non-hydrogen) atoms. The molecule has 6 nitrogen and oxygen atoms in total. The Labute approximate surface area is 123 Å². The Bertz CT molecular complexity index is 550. The lowest BCUT2D eigenvalue weighted by Crippen LogP contribution is -2.24. The predicted octanol–water partition coefficient (Wildman–Crippen LogP) is 1.18. The fourth-order valence-corrected chi connectivity index (χ4v) is 3.23. The summed E-state index contributed by atoms with van der Waals surface area (Å²) in [5.74, 6) is 0.618. The van der Waals surface area contributed by atoms with Crippen LogP contribution in [0.4, 0.5) is 0 Å². The van der Waals surface area contributed by atoms with E-state index < -0.39 is 5.97 Å². The zero-order valence-electron chi connectivity index (χ0n) is 12.0. The Balaban J connectivity index is 1.64. The summed E-state index contributed by atoms with van der Waals surface area (Å²) in [4.78, 5) is 24.9. The number of carbonyl (C=O) groups excluding carboxylic acids is 1. The number of nitrogens with one attached hydrogen (secondary N) is 1. The summed E-state index contributed by atoms with van der Waals surface area (Å²) in [6.45, 7) is 1.92. The minimum atomic E-state index is -0.695. The molecule has 1 saturated carbocycles. The van der Waals surface area contributed by atoms with E-state index in [9.17, 15) is 14.7 Å². The summed E-state index contributed by atoms with van der Waals surface area (Å²) < 4.78 is 5.50. The van der Waals surface area contributed by atoms with Crippen molar-refractivity contribution in [3.05, 3.63) is 23.7 Å². The molecule has 0 unspecified atom stereocenters. The third-order valence-electron chi connectivity index (χ3n) is 4.48. The molecule has 1 saturated heterocycles. The van der Waals surface area contributed by atoms with Crippen molar-refractivity contribution in [2.75, 3.05) is 20.1 Å². The Hall–Kier alpha value is -1.82. The zero-order chi connectivity index (χ0) is 15.0. The molecule has 1 aromatic heterocycles. The standard InChI is InChI=1S/C15H20N2O4/c1-16-14(18)13-5-4-10(21-13)6-17-7-11(9-2-3-9)12(8-17)15(19)20/h4-5,9,11-12H,2-3,6-8H2,1H3,(H,16,18)(H,19,20)/t11-,12+/m1/s1. The molecular weight excluding hydrogens is 272 g/mol. The molecule has 1 aliphatic heterocycles. The lowest BCUT2D eigenvalue weighted by Gasteiger charge is -2.13. The van der Waals surface area contributed by atoms with Crippen molar-refractivity contribution in [2.45, 2.75) is 19.4 Å².